The van der Waals surface area contributed by atoms with Gasteiger partial charge in [-0.3, -0.25) is 9.69 Å². The van der Waals surface area contributed by atoms with Crippen LogP contribution in [0.15, 0.2) is 18.2 Å². The minimum absolute atomic E-state index is 0.00820. The number of carbonyl (C=O) groups excluding carboxylic acids is 1. The average Bonchev–Trinajstić information content (AvgIpc) is 2.51. The molecule has 1 unspecified atom stereocenters. The summed E-state index contributed by atoms with van der Waals surface area (Å²) in [5, 5.41) is 12.1. The Morgan fingerprint density at radius 3 is 2.76 bits per heavy atom. The van der Waals surface area contributed by atoms with E-state index in [0.29, 0.717) is 11.6 Å². The van der Waals surface area contributed by atoms with Crippen molar-refractivity contribution >= 4 is 17.3 Å². The highest BCUT2D eigenvalue weighted by Gasteiger charge is 2.26. The molecule has 1 amide bonds. The fourth-order valence-corrected chi connectivity index (χ4v) is 2.71. The Labute approximate surface area is 126 Å². The van der Waals surface area contributed by atoms with Gasteiger partial charge in [0.2, 0.25) is 5.91 Å². The number of hydrogen-bond donors (Lipinski definition) is 3. The molecule has 4 N–H and O–H groups in total. The summed E-state index contributed by atoms with van der Waals surface area (Å²) in [6, 6.07) is 5.36. The van der Waals surface area contributed by atoms with Gasteiger partial charge in [0.15, 0.2) is 0 Å². The van der Waals surface area contributed by atoms with Crippen LogP contribution in [0.5, 0.6) is 0 Å². The van der Waals surface area contributed by atoms with E-state index in [1.54, 1.807) is 0 Å². The largest absolute Gasteiger partial charge is 0.398 e. The van der Waals surface area contributed by atoms with Crippen molar-refractivity contribution in [2.75, 3.05) is 30.7 Å². The molecule has 0 bridgehead atoms. The lowest BCUT2D eigenvalue weighted by Gasteiger charge is -2.34. The van der Waals surface area contributed by atoms with Gasteiger partial charge >= 0.3 is 0 Å². The SMILES string of the molecule is Cc1c(N)cccc1NC(=O)C(C)N1CCC(CO)CC1. The molecule has 0 aromatic heterocycles. The van der Waals surface area contributed by atoms with Crippen molar-refractivity contribution in [1.29, 1.82) is 0 Å². The van der Waals surface area contributed by atoms with Gasteiger partial charge in [0.05, 0.1) is 6.04 Å². The van der Waals surface area contributed by atoms with E-state index < -0.39 is 0 Å². The molecule has 5 heteroatoms. The van der Waals surface area contributed by atoms with Gasteiger partial charge in [0.25, 0.3) is 0 Å². The third-order valence-corrected chi connectivity index (χ3v) is 4.47. The Balaban J connectivity index is 1.95. The van der Waals surface area contributed by atoms with Gasteiger partial charge in [-0.15, -0.1) is 0 Å². The maximum Gasteiger partial charge on any atom is 0.241 e. The average molecular weight is 291 g/mol. The fraction of sp³-hybridized carbons (Fsp3) is 0.562. The summed E-state index contributed by atoms with van der Waals surface area (Å²) < 4.78 is 0. The fourth-order valence-electron chi connectivity index (χ4n) is 2.71. The molecule has 1 fully saturated rings. The van der Waals surface area contributed by atoms with Crippen LogP contribution in [-0.4, -0.2) is 41.7 Å². The standard InChI is InChI=1S/C16H25N3O2/c1-11-14(17)4-3-5-15(11)18-16(21)12(2)19-8-6-13(10-20)7-9-19/h3-5,12-13,20H,6-10,17H2,1-2H3,(H,18,21). The summed E-state index contributed by atoms with van der Waals surface area (Å²) in [7, 11) is 0. The molecule has 0 radical (unpaired) electrons. The summed E-state index contributed by atoms with van der Waals surface area (Å²) in [5.41, 5.74) is 8.22. The second kappa shape index (κ2) is 6.91. The first-order valence-electron chi connectivity index (χ1n) is 7.53. The molecule has 5 nitrogen and oxygen atoms in total. The van der Waals surface area contributed by atoms with Crippen molar-refractivity contribution in [3.05, 3.63) is 23.8 Å². The lowest BCUT2D eigenvalue weighted by molar-refractivity contribution is -0.121. The summed E-state index contributed by atoms with van der Waals surface area (Å²) in [5.74, 6) is 0.374. The number of carbonyl (C=O) groups is 1. The van der Waals surface area contributed by atoms with E-state index in [0.717, 1.165) is 37.2 Å². The molecule has 116 valence electrons. The number of aliphatic hydroxyl groups excluding tert-OH is 1. The molecule has 1 aromatic rings. The van der Waals surface area contributed by atoms with Gasteiger partial charge in [-0.05, 0) is 63.4 Å². The first-order chi connectivity index (χ1) is 10.0. The predicted molar refractivity (Wildman–Crippen MR) is 85.1 cm³/mol. The minimum atomic E-state index is -0.175. The van der Waals surface area contributed by atoms with Crippen molar-refractivity contribution in [1.82, 2.24) is 4.90 Å². The number of rotatable bonds is 4. The molecule has 1 aliphatic rings. The van der Waals surface area contributed by atoms with Crippen LogP contribution < -0.4 is 11.1 Å². The number of hydrogen-bond acceptors (Lipinski definition) is 4. The van der Waals surface area contributed by atoms with Crippen molar-refractivity contribution < 1.29 is 9.90 Å². The molecular formula is C16H25N3O2. The molecule has 1 saturated heterocycles. The lowest BCUT2D eigenvalue weighted by Crippen LogP contribution is -2.46. The first-order valence-corrected chi connectivity index (χ1v) is 7.53. The Morgan fingerprint density at radius 1 is 1.48 bits per heavy atom. The van der Waals surface area contributed by atoms with Crippen LogP contribution >= 0.6 is 0 Å². The van der Waals surface area contributed by atoms with Crippen molar-refractivity contribution in [3.63, 3.8) is 0 Å². The number of amides is 1. The van der Waals surface area contributed by atoms with E-state index in [2.05, 4.69) is 10.2 Å². The maximum absolute atomic E-state index is 12.4. The Bertz CT molecular complexity index is 496. The molecular weight excluding hydrogens is 266 g/mol. The van der Waals surface area contributed by atoms with Crippen molar-refractivity contribution in [3.8, 4) is 0 Å². The van der Waals surface area contributed by atoms with Crippen LogP contribution in [0.2, 0.25) is 0 Å². The van der Waals surface area contributed by atoms with Crippen LogP contribution in [-0.2, 0) is 4.79 Å². The molecule has 1 heterocycles. The molecule has 0 saturated carbocycles. The normalized spacial score (nSPS) is 18.4. The second-order valence-corrected chi connectivity index (χ2v) is 5.85. The van der Waals surface area contributed by atoms with E-state index in [9.17, 15) is 4.79 Å². The van der Waals surface area contributed by atoms with Crippen molar-refractivity contribution in [2.24, 2.45) is 5.92 Å². The number of likely N-dealkylation sites (tertiary alicyclic amines) is 1. The topological polar surface area (TPSA) is 78.6 Å². The van der Waals surface area contributed by atoms with Gasteiger partial charge in [-0.2, -0.15) is 0 Å². The van der Waals surface area contributed by atoms with Crippen LogP contribution in [0.25, 0.3) is 0 Å². The van der Waals surface area contributed by atoms with Crippen LogP contribution in [0, 0.1) is 12.8 Å². The molecule has 1 aliphatic heterocycles. The molecule has 0 aliphatic carbocycles. The number of piperidine rings is 1. The molecule has 0 spiro atoms. The van der Waals surface area contributed by atoms with Gasteiger partial charge < -0.3 is 16.2 Å². The number of aliphatic hydroxyl groups is 1. The summed E-state index contributed by atoms with van der Waals surface area (Å²) in [4.78, 5) is 14.6. The lowest BCUT2D eigenvalue weighted by atomic mass is 9.97. The van der Waals surface area contributed by atoms with E-state index >= 15 is 0 Å². The molecule has 1 aromatic carbocycles. The summed E-state index contributed by atoms with van der Waals surface area (Å²) >= 11 is 0. The number of anilines is 2. The highest BCUT2D eigenvalue weighted by Crippen LogP contribution is 2.22. The second-order valence-electron chi connectivity index (χ2n) is 5.85. The zero-order valence-corrected chi connectivity index (χ0v) is 12.8. The van der Waals surface area contributed by atoms with E-state index in [-0.39, 0.29) is 18.6 Å². The highest BCUT2D eigenvalue weighted by atomic mass is 16.3. The number of benzene rings is 1. The van der Waals surface area contributed by atoms with Gasteiger partial charge in [-0.1, -0.05) is 6.07 Å². The third kappa shape index (κ3) is 3.74. The Kier molecular flexibility index (Phi) is 5.20. The van der Waals surface area contributed by atoms with Gasteiger partial charge in [0, 0.05) is 18.0 Å². The zero-order valence-electron chi connectivity index (χ0n) is 12.8. The van der Waals surface area contributed by atoms with Gasteiger partial charge in [-0.25, -0.2) is 0 Å². The Hall–Kier alpha value is -1.59. The smallest absolute Gasteiger partial charge is 0.241 e. The molecule has 1 atom stereocenters. The highest BCUT2D eigenvalue weighted by molar-refractivity contribution is 5.95. The third-order valence-electron chi connectivity index (χ3n) is 4.47. The van der Waals surface area contributed by atoms with E-state index in [1.807, 2.05) is 32.0 Å². The quantitative estimate of drug-likeness (QED) is 0.736. The monoisotopic (exact) mass is 291 g/mol. The summed E-state index contributed by atoms with van der Waals surface area (Å²) in [6.45, 7) is 5.79. The number of nitrogens with two attached hydrogens (primary N) is 1. The van der Waals surface area contributed by atoms with Crippen molar-refractivity contribution in [2.45, 2.75) is 32.7 Å². The zero-order chi connectivity index (χ0) is 15.4. The maximum atomic E-state index is 12.4. The molecule has 21 heavy (non-hydrogen) atoms. The number of nitrogens with one attached hydrogen (secondary N) is 1. The number of nitrogen functional groups attached to an aromatic ring is 1. The minimum Gasteiger partial charge on any atom is -0.398 e. The molecule has 2 rings (SSSR count). The van der Waals surface area contributed by atoms with E-state index in [1.165, 1.54) is 0 Å². The Morgan fingerprint density at radius 2 is 2.14 bits per heavy atom. The van der Waals surface area contributed by atoms with E-state index in [4.69, 9.17) is 10.8 Å². The van der Waals surface area contributed by atoms with Gasteiger partial charge in [0.1, 0.15) is 0 Å². The van der Waals surface area contributed by atoms with Crippen LogP contribution in [0.3, 0.4) is 0 Å². The number of nitrogens with zero attached hydrogens (tertiary/aromatic N) is 1. The summed E-state index contributed by atoms with van der Waals surface area (Å²) in [6.07, 6.45) is 1.90. The predicted octanol–water partition coefficient (Wildman–Crippen LogP) is 1.61. The first kappa shape index (κ1) is 15.8. The van der Waals surface area contributed by atoms with Crippen LogP contribution in [0.4, 0.5) is 11.4 Å². The van der Waals surface area contributed by atoms with Crippen LogP contribution in [0.1, 0.15) is 25.3 Å².